The van der Waals surface area contributed by atoms with Crippen LogP contribution in [-0.2, 0) is 26.8 Å². The molecule has 1 atom stereocenters. The number of fused-ring (bicyclic) bond motifs is 1. The smallest absolute Gasteiger partial charge is 0.229 e. The Kier molecular flexibility index (Phi) is 7.03. The van der Waals surface area contributed by atoms with Gasteiger partial charge in [0.1, 0.15) is 17.3 Å². The van der Waals surface area contributed by atoms with Crippen molar-refractivity contribution >= 4 is 39.7 Å². The number of hydrogen-bond acceptors (Lipinski definition) is 4. The van der Waals surface area contributed by atoms with Crippen molar-refractivity contribution < 1.29 is 22.9 Å². The minimum absolute atomic E-state index is 0.0938. The van der Waals surface area contributed by atoms with E-state index >= 15 is 0 Å². The molecule has 0 aliphatic carbocycles. The first-order chi connectivity index (χ1) is 15.7. The van der Waals surface area contributed by atoms with Crippen LogP contribution in [0.2, 0.25) is 0 Å². The molecule has 0 bridgehead atoms. The Balaban J connectivity index is 1.91. The summed E-state index contributed by atoms with van der Waals surface area (Å²) in [6, 6.07) is 7.86. The lowest BCUT2D eigenvalue weighted by molar-refractivity contribution is -0.123. The van der Waals surface area contributed by atoms with Crippen LogP contribution in [-0.4, -0.2) is 22.3 Å². The number of rotatable bonds is 4. The lowest BCUT2D eigenvalue weighted by Gasteiger charge is -2.24. The predicted molar refractivity (Wildman–Crippen MR) is 134 cm³/mol. The summed E-state index contributed by atoms with van der Waals surface area (Å²) >= 11 is 0. The maximum absolute atomic E-state index is 14.8. The van der Waals surface area contributed by atoms with Gasteiger partial charge in [-0.15, -0.1) is 0 Å². The number of halogens is 1. The van der Waals surface area contributed by atoms with Crippen molar-refractivity contribution in [3.8, 4) is 5.75 Å². The van der Waals surface area contributed by atoms with Crippen molar-refractivity contribution in [3.63, 3.8) is 0 Å². The molecule has 0 radical (unpaired) electrons. The van der Waals surface area contributed by atoms with E-state index in [4.69, 9.17) is 4.74 Å². The molecule has 0 fully saturated rings. The van der Waals surface area contributed by atoms with Gasteiger partial charge in [-0.05, 0) is 36.4 Å². The van der Waals surface area contributed by atoms with Gasteiger partial charge in [0, 0.05) is 56.0 Å². The molecule has 8 heteroatoms. The Morgan fingerprint density at radius 1 is 0.941 bits per heavy atom. The standard InChI is InChI=1S/C26H31FN2O4S/c1-25(2,3)23(30)28-19-10-8-15(12-18(19)27)21-11-9-17-20(29-24(31)26(4,5)6)13-16(34(7)32)14-22(17)33-21/h8,10-14H,9H2,1-7H3,(H,28,30)(H,29,31). The topological polar surface area (TPSA) is 84.5 Å². The second-order valence-corrected chi connectivity index (χ2v) is 11.8. The molecule has 2 N–H and O–H groups in total. The fourth-order valence-corrected chi connectivity index (χ4v) is 3.68. The van der Waals surface area contributed by atoms with Crippen LogP contribution in [0.3, 0.4) is 0 Å². The average molecular weight is 487 g/mol. The average Bonchev–Trinajstić information content (AvgIpc) is 2.73. The minimum atomic E-state index is -1.30. The van der Waals surface area contributed by atoms with Gasteiger partial charge < -0.3 is 15.4 Å². The van der Waals surface area contributed by atoms with Gasteiger partial charge in [-0.2, -0.15) is 0 Å². The number of hydrogen-bond donors (Lipinski definition) is 2. The summed E-state index contributed by atoms with van der Waals surface area (Å²) in [5.74, 6) is -0.135. The van der Waals surface area contributed by atoms with E-state index in [0.29, 0.717) is 34.1 Å². The maximum Gasteiger partial charge on any atom is 0.229 e. The molecule has 0 spiro atoms. The van der Waals surface area contributed by atoms with E-state index in [9.17, 15) is 18.2 Å². The molecule has 0 aromatic heterocycles. The van der Waals surface area contributed by atoms with Crippen LogP contribution in [0.25, 0.3) is 5.76 Å². The van der Waals surface area contributed by atoms with E-state index < -0.39 is 27.4 Å². The predicted octanol–water partition coefficient (Wildman–Crippen LogP) is 5.51. The first kappa shape index (κ1) is 25.6. The zero-order chi connectivity index (χ0) is 25.4. The Labute approximate surface area is 202 Å². The fraction of sp³-hybridized carbons (Fsp3) is 0.385. The number of allylic oxidation sites excluding steroid dienone is 1. The monoisotopic (exact) mass is 486 g/mol. The molecule has 2 aromatic rings. The molecule has 3 rings (SSSR count). The Morgan fingerprint density at radius 3 is 2.06 bits per heavy atom. The van der Waals surface area contributed by atoms with Crippen molar-refractivity contribution in [1.29, 1.82) is 0 Å². The molecule has 1 aliphatic rings. The highest BCUT2D eigenvalue weighted by Crippen LogP contribution is 2.38. The Hall–Kier alpha value is -3.00. The third kappa shape index (κ3) is 5.73. The van der Waals surface area contributed by atoms with Crippen molar-refractivity contribution in [2.45, 2.75) is 52.9 Å². The second kappa shape index (κ2) is 9.33. The molecular weight excluding hydrogens is 455 g/mol. The number of ether oxygens (including phenoxy) is 1. The molecule has 1 aliphatic heterocycles. The molecule has 2 amide bonds. The fourth-order valence-electron chi connectivity index (χ4n) is 3.12. The van der Waals surface area contributed by atoms with Gasteiger partial charge in [0.15, 0.2) is 0 Å². The number of benzene rings is 2. The summed E-state index contributed by atoms with van der Waals surface area (Å²) in [5, 5.41) is 5.53. The van der Waals surface area contributed by atoms with Gasteiger partial charge in [-0.3, -0.25) is 13.8 Å². The van der Waals surface area contributed by atoms with Crippen LogP contribution in [0.15, 0.2) is 41.3 Å². The van der Waals surface area contributed by atoms with Crippen LogP contribution in [0, 0.1) is 16.6 Å². The molecule has 34 heavy (non-hydrogen) atoms. The summed E-state index contributed by atoms with van der Waals surface area (Å²) in [7, 11) is -1.30. The highest BCUT2D eigenvalue weighted by atomic mass is 32.2. The van der Waals surface area contributed by atoms with Crippen LogP contribution < -0.4 is 15.4 Å². The third-order valence-electron chi connectivity index (χ3n) is 5.34. The van der Waals surface area contributed by atoms with E-state index in [1.54, 1.807) is 51.3 Å². The minimum Gasteiger partial charge on any atom is -0.457 e. The number of nitrogens with one attached hydrogen (secondary N) is 2. The zero-order valence-electron chi connectivity index (χ0n) is 20.6. The van der Waals surface area contributed by atoms with Crippen molar-refractivity contribution in [2.75, 3.05) is 16.9 Å². The number of carbonyl (C=O) groups excluding carboxylic acids is 2. The summed E-state index contributed by atoms with van der Waals surface area (Å²) in [5.41, 5.74) is 0.638. The molecule has 0 saturated heterocycles. The number of amides is 2. The van der Waals surface area contributed by atoms with Gasteiger partial charge in [0.25, 0.3) is 0 Å². The highest BCUT2D eigenvalue weighted by Gasteiger charge is 2.26. The maximum atomic E-state index is 14.8. The number of carbonyl (C=O) groups is 2. The summed E-state index contributed by atoms with van der Waals surface area (Å²) in [6.07, 6.45) is 3.79. The molecule has 182 valence electrons. The number of anilines is 2. The first-order valence-electron chi connectivity index (χ1n) is 11.0. The molecule has 0 saturated carbocycles. The SMILES string of the molecule is CS(=O)c1cc(NC(=O)C(C)(C)C)c2c(c1)OC(c1ccc(NC(=O)C(C)(C)C)c(F)c1)=CC2. The van der Waals surface area contributed by atoms with E-state index in [-0.39, 0.29) is 17.5 Å². The van der Waals surface area contributed by atoms with E-state index in [0.717, 1.165) is 5.56 Å². The van der Waals surface area contributed by atoms with Gasteiger partial charge in [0.05, 0.1) is 5.69 Å². The van der Waals surface area contributed by atoms with Crippen LogP contribution in [0.5, 0.6) is 5.75 Å². The van der Waals surface area contributed by atoms with Gasteiger partial charge >= 0.3 is 0 Å². The van der Waals surface area contributed by atoms with Gasteiger partial charge in [0.2, 0.25) is 11.8 Å². The van der Waals surface area contributed by atoms with Gasteiger partial charge in [-0.1, -0.05) is 41.5 Å². The van der Waals surface area contributed by atoms with E-state index in [2.05, 4.69) is 10.6 Å². The molecule has 1 unspecified atom stereocenters. The zero-order valence-corrected chi connectivity index (χ0v) is 21.4. The van der Waals surface area contributed by atoms with Gasteiger partial charge in [-0.25, -0.2) is 4.39 Å². The lowest BCUT2D eigenvalue weighted by atomic mass is 9.95. The summed E-state index contributed by atoms with van der Waals surface area (Å²) < 4.78 is 33.0. The highest BCUT2D eigenvalue weighted by molar-refractivity contribution is 7.84. The molecular formula is C26H31FN2O4S. The summed E-state index contributed by atoms with van der Waals surface area (Å²) in [6.45, 7) is 10.7. The van der Waals surface area contributed by atoms with Crippen LogP contribution in [0.4, 0.5) is 15.8 Å². The largest absolute Gasteiger partial charge is 0.457 e. The first-order valence-corrected chi connectivity index (χ1v) is 12.5. The van der Waals surface area contributed by atoms with E-state index in [1.807, 2.05) is 20.8 Å². The Morgan fingerprint density at radius 2 is 1.53 bits per heavy atom. The molecule has 1 heterocycles. The van der Waals surface area contributed by atoms with Crippen molar-refractivity contribution in [3.05, 3.63) is 53.4 Å². The lowest BCUT2D eigenvalue weighted by Crippen LogP contribution is -2.28. The summed E-state index contributed by atoms with van der Waals surface area (Å²) in [4.78, 5) is 25.3. The Bertz CT molecular complexity index is 1210. The van der Waals surface area contributed by atoms with E-state index in [1.165, 1.54) is 12.1 Å². The van der Waals surface area contributed by atoms with Crippen LogP contribution in [0.1, 0.15) is 52.7 Å². The molecule has 2 aromatic carbocycles. The normalized spacial score (nSPS) is 14.4. The second-order valence-electron chi connectivity index (χ2n) is 10.4. The quantitative estimate of drug-likeness (QED) is 0.597. The van der Waals surface area contributed by atoms with Crippen molar-refractivity contribution in [2.24, 2.45) is 10.8 Å². The van der Waals surface area contributed by atoms with Crippen LogP contribution >= 0.6 is 0 Å². The third-order valence-corrected chi connectivity index (χ3v) is 6.24. The molecule has 6 nitrogen and oxygen atoms in total. The van der Waals surface area contributed by atoms with Crippen molar-refractivity contribution in [1.82, 2.24) is 0 Å².